The van der Waals surface area contributed by atoms with Gasteiger partial charge in [-0.15, -0.1) is 0 Å². The molecule has 3 nitrogen and oxygen atoms in total. The minimum absolute atomic E-state index is 0.704. The molecular weight excluding hydrogens is 190 g/mol. The molecule has 2 rings (SSSR count). The van der Waals surface area contributed by atoms with Crippen molar-refractivity contribution >= 4 is 6.41 Å². The molecule has 0 saturated heterocycles. The molecule has 0 aliphatic carbocycles. The maximum absolute atomic E-state index is 10.8. The molecule has 1 amide bonds. The van der Waals surface area contributed by atoms with Gasteiger partial charge >= 0.3 is 0 Å². The maximum atomic E-state index is 10.8. The van der Waals surface area contributed by atoms with E-state index in [0.717, 1.165) is 31.5 Å². The summed E-state index contributed by atoms with van der Waals surface area (Å²) in [6.07, 6.45) is 3.01. The van der Waals surface area contributed by atoms with E-state index in [4.69, 9.17) is 4.74 Å². The van der Waals surface area contributed by atoms with E-state index in [1.165, 1.54) is 11.1 Å². The van der Waals surface area contributed by atoms with Gasteiger partial charge in [0.2, 0.25) is 6.41 Å². The number of rotatable bonds is 2. The van der Waals surface area contributed by atoms with Gasteiger partial charge in [-0.2, -0.15) is 0 Å². The average molecular weight is 205 g/mol. The van der Waals surface area contributed by atoms with Crippen LogP contribution in [0.2, 0.25) is 0 Å². The average Bonchev–Trinajstić information content (AvgIpc) is 2.49. The van der Waals surface area contributed by atoms with Crippen molar-refractivity contribution in [1.82, 2.24) is 4.90 Å². The van der Waals surface area contributed by atoms with Crippen LogP contribution >= 0.6 is 0 Å². The Morgan fingerprint density at radius 1 is 1.40 bits per heavy atom. The van der Waals surface area contributed by atoms with Crippen LogP contribution < -0.4 is 4.74 Å². The van der Waals surface area contributed by atoms with Crippen molar-refractivity contribution in [2.24, 2.45) is 0 Å². The third-order valence-electron chi connectivity index (χ3n) is 2.83. The highest BCUT2D eigenvalue weighted by Crippen LogP contribution is 2.22. The van der Waals surface area contributed by atoms with Crippen molar-refractivity contribution in [3.8, 4) is 5.75 Å². The summed E-state index contributed by atoms with van der Waals surface area (Å²) in [6, 6.07) is 6.11. The van der Waals surface area contributed by atoms with Gasteiger partial charge in [-0.1, -0.05) is 6.07 Å². The summed E-state index contributed by atoms with van der Waals surface area (Å²) >= 11 is 0. The van der Waals surface area contributed by atoms with E-state index in [1.54, 1.807) is 7.11 Å². The second-order valence-corrected chi connectivity index (χ2v) is 3.81. The lowest BCUT2D eigenvalue weighted by atomic mass is 10.0. The number of amides is 1. The number of ether oxygens (including phenoxy) is 1. The Hall–Kier alpha value is -1.51. The van der Waals surface area contributed by atoms with Crippen LogP contribution in [0, 0.1) is 0 Å². The van der Waals surface area contributed by atoms with Crippen molar-refractivity contribution in [3.63, 3.8) is 0 Å². The molecular formula is C12H15NO2. The number of fused-ring (bicyclic) bond motifs is 1. The van der Waals surface area contributed by atoms with Gasteiger partial charge in [0, 0.05) is 13.1 Å². The zero-order valence-electron chi connectivity index (χ0n) is 8.90. The van der Waals surface area contributed by atoms with E-state index in [2.05, 4.69) is 6.07 Å². The monoisotopic (exact) mass is 205 g/mol. The second-order valence-electron chi connectivity index (χ2n) is 3.81. The molecule has 0 bridgehead atoms. The summed E-state index contributed by atoms with van der Waals surface area (Å²) in [5.41, 5.74) is 2.54. The fourth-order valence-corrected chi connectivity index (χ4v) is 1.98. The predicted molar refractivity (Wildman–Crippen MR) is 57.8 cm³/mol. The van der Waals surface area contributed by atoms with Gasteiger partial charge < -0.3 is 9.64 Å². The van der Waals surface area contributed by atoms with E-state index < -0.39 is 0 Å². The third kappa shape index (κ3) is 2.12. The first-order chi connectivity index (χ1) is 7.33. The minimum Gasteiger partial charge on any atom is -0.497 e. The van der Waals surface area contributed by atoms with Crippen LogP contribution in [-0.4, -0.2) is 25.0 Å². The van der Waals surface area contributed by atoms with Crippen LogP contribution in [0.15, 0.2) is 18.2 Å². The zero-order chi connectivity index (χ0) is 10.7. The summed E-state index contributed by atoms with van der Waals surface area (Å²) in [5, 5.41) is 0. The summed E-state index contributed by atoms with van der Waals surface area (Å²) in [6.45, 7) is 1.55. The lowest BCUT2D eigenvalue weighted by Gasteiger charge is -2.14. The lowest BCUT2D eigenvalue weighted by molar-refractivity contribution is -0.118. The van der Waals surface area contributed by atoms with E-state index in [9.17, 15) is 4.79 Å². The molecule has 80 valence electrons. The molecule has 1 aromatic rings. The number of hydrogen-bond donors (Lipinski definition) is 0. The molecule has 0 fully saturated rings. The number of benzene rings is 1. The predicted octanol–water partition coefficient (Wildman–Crippen LogP) is 1.60. The fourth-order valence-electron chi connectivity index (χ4n) is 1.98. The topological polar surface area (TPSA) is 29.5 Å². The van der Waals surface area contributed by atoms with Gasteiger partial charge in [-0.25, -0.2) is 0 Å². The molecule has 0 radical (unpaired) electrons. The first kappa shape index (κ1) is 10.0. The number of nitrogens with zero attached hydrogens (tertiary/aromatic N) is 1. The van der Waals surface area contributed by atoms with Crippen molar-refractivity contribution in [1.29, 1.82) is 0 Å². The molecule has 1 aromatic carbocycles. The Morgan fingerprint density at radius 2 is 2.27 bits per heavy atom. The number of methoxy groups -OCH3 is 1. The Labute approximate surface area is 89.7 Å². The summed E-state index contributed by atoms with van der Waals surface area (Å²) in [7, 11) is 1.66. The molecule has 0 aromatic heterocycles. The molecule has 0 saturated carbocycles. The third-order valence-corrected chi connectivity index (χ3v) is 2.83. The van der Waals surface area contributed by atoms with Gasteiger partial charge in [0.15, 0.2) is 0 Å². The van der Waals surface area contributed by atoms with E-state index >= 15 is 0 Å². The summed E-state index contributed by atoms with van der Waals surface area (Å²) in [5.74, 6) is 0.862. The van der Waals surface area contributed by atoms with Crippen molar-refractivity contribution < 1.29 is 9.53 Å². The van der Waals surface area contributed by atoms with Crippen LogP contribution in [0.25, 0.3) is 0 Å². The fraction of sp³-hybridized carbons (Fsp3) is 0.417. The molecule has 0 unspecified atom stereocenters. The molecule has 1 aliphatic rings. The Bertz CT molecular complexity index is 363. The Morgan fingerprint density at radius 3 is 3.00 bits per heavy atom. The van der Waals surface area contributed by atoms with Crippen LogP contribution in [-0.2, 0) is 17.8 Å². The number of carbonyl (C=O) groups is 1. The number of aryl methyl sites for hydroxylation is 1. The molecule has 15 heavy (non-hydrogen) atoms. The smallest absolute Gasteiger partial charge is 0.210 e. The molecule has 0 N–H and O–H groups in total. The van der Waals surface area contributed by atoms with Gasteiger partial charge in [0.25, 0.3) is 0 Å². The highest BCUT2D eigenvalue weighted by molar-refractivity contribution is 5.49. The van der Waals surface area contributed by atoms with Gasteiger partial charge in [0.05, 0.1) is 7.11 Å². The molecule has 0 spiro atoms. The Balaban J connectivity index is 2.31. The first-order valence-electron chi connectivity index (χ1n) is 5.18. The van der Waals surface area contributed by atoms with Crippen LogP contribution in [0.1, 0.15) is 17.5 Å². The van der Waals surface area contributed by atoms with Crippen molar-refractivity contribution in [2.45, 2.75) is 19.4 Å². The lowest BCUT2D eigenvalue weighted by Crippen LogP contribution is -2.20. The quantitative estimate of drug-likeness (QED) is 0.686. The van der Waals surface area contributed by atoms with Crippen LogP contribution in [0.3, 0.4) is 0 Å². The molecule has 1 aliphatic heterocycles. The SMILES string of the molecule is COc1ccc2c(c1)CN(C=O)CCC2. The number of carbonyl (C=O) groups excluding carboxylic acids is 1. The zero-order valence-corrected chi connectivity index (χ0v) is 8.90. The molecule has 1 heterocycles. The highest BCUT2D eigenvalue weighted by Gasteiger charge is 2.13. The number of hydrogen-bond acceptors (Lipinski definition) is 2. The second kappa shape index (κ2) is 4.34. The van der Waals surface area contributed by atoms with Crippen molar-refractivity contribution in [3.05, 3.63) is 29.3 Å². The van der Waals surface area contributed by atoms with Gasteiger partial charge in [-0.05, 0) is 36.1 Å². The standard InChI is InChI=1S/C12H15NO2/c1-15-12-5-4-10-3-2-6-13(9-14)8-11(10)7-12/h4-5,7,9H,2-3,6,8H2,1H3. The normalized spacial score (nSPS) is 15.4. The largest absolute Gasteiger partial charge is 0.497 e. The molecule has 0 atom stereocenters. The summed E-state index contributed by atoms with van der Waals surface area (Å²) < 4.78 is 5.18. The van der Waals surface area contributed by atoms with Crippen LogP contribution in [0.5, 0.6) is 5.75 Å². The van der Waals surface area contributed by atoms with Crippen molar-refractivity contribution in [2.75, 3.05) is 13.7 Å². The molecule has 3 heteroatoms. The minimum atomic E-state index is 0.704. The van der Waals surface area contributed by atoms with Crippen LogP contribution in [0.4, 0.5) is 0 Å². The van der Waals surface area contributed by atoms with E-state index in [1.807, 2.05) is 17.0 Å². The summed E-state index contributed by atoms with van der Waals surface area (Å²) in [4.78, 5) is 12.6. The maximum Gasteiger partial charge on any atom is 0.210 e. The van der Waals surface area contributed by atoms with E-state index in [0.29, 0.717) is 6.54 Å². The first-order valence-corrected chi connectivity index (χ1v) is 5.18. The van der Waals surface area contributed by atoms with Gasteiger partial charge in [-0.3, -0.25) is 4.79 Å². The van der Waals surface area contributed by atoms with E-state index in [-0.39, 0.29) is 0 Å². The highest BCUT2D eigenvalue weighted by atomic mass is 16.5. The van der Waals surface area contributed by atoms with Gasteiger partial charge in [0.1, 0.15) is 5.75 Å². The Kier molecular flexibility index (Phi) is 2.90.